The van der Waals surface area contributed by atoms with Crippen molar-refractivity contribution in [3.8, 4) is 11.4 Å². The highest BCUT2D eigenvalue weighted by molar-refractivity contribution is 7.03. The van der Waals surface area contributed by atoms with Crippen molar-refractivity contribution in [2.75, 3.05) is 13.2 Å². The number of benzene rings is 2. The van der Waals surface area contributed by atoms with E-state index in [4.69, 9.17) is 16.3 Å². The van der Waals surface area contributed by atoms with Crippen LogP contribution < -0.4 is 4.74 Å². The highest BCUT2D eigenvalue weighted by atomic mass is 35.5. The molecule has 28 heavy (non-hydrogen) atoms. The van der Waals surface area contributed by atoms with Gasteiger partial charge in [-0.15, -0.1) is 0 Å². The number of aromatic nitrogens is 2. The predicted molar refractivity (Wildman–Crippen MR) is 115 cm³/mol. The van der Waals surface area contributed by atoms with Crippen LogP contribution in [-0.2, 0) is 13.1 Å². The second-order valence-electron chi connectivity index (χ2n) is 7.26. The lowest BCUT2D eigenvalue weighted by Crippen LogP contribution is -2.25. The summed E-state index contributed by atoms with van der Waals surface area (Å²) in [7, 11) is 0. The fourth-order valence-electron chi connectivity index (χ4n) is 3.83. The van der Waals surface area contributed by atoms with E-state index < -0.39 is 0 Å². The largest absolute Gasteiger partial charge is 0.490 e. The van der Waals surface area contributed by atoms with Crippen LogP contribution in [0.4, 0.5) is 0 Å². The van der Waals surface area contributed by atoms with Gasteiger partial charge in [0.1, 0.15) is 12.4 Å². The predicted octanol–water partition coefficient (Wildman–Crippen LogP) is 5.44. The highest BCUT2D eigenvalue weighted by Crippen LogP contribution is 2.35. The Bertz CT molecular complexity index is 1140. The third-order valence-electron chi connectivity index (χ3n) is 5.17. The SMILES string of the molecule is Cc1ccc2c(ccn2-c2cc(Cl)c3c(c2)CN(Cc2cnsc2)CCO3)c1. The molecule has 1 aliphatic rings. The zero-order valence-corrected chi connectivity index (χ0v) is 17.1. The summed E-state index contributed by atoms with van der Waals surface area (Å²) in [4.78, 5) is 2.38. The van der Waals surface area contributed by atoms with Crippen molar-refractivity contribution in [1.29, 1.82) is 0 Å². The Kier molecular flexibility index (Phi) is 4.59. The van der Waals surface area contributed by atoms with Crippen LogP contribution in [0.1, 0.15) is 16.7 Å². The molecule has 0 bridgehead atoms. The molecule has 4 nitrogen and oxygen atoms in total. The van der Waals surface area contributed by atoms with Crippen LogP contribution in [0.3, 0.4) is 0 Å². The maximum Gasteiger partial charge on any atom is 0.142 e. The van der Waals surface area contributed by atoms with Crippen molar-refractivity contribution in [2.45, 2.75) is 20.0 Å². The minimum Gasteiger partial charge on any atom is -0.490 e. The lowest BCUT2D eigenvalue weighted by Gasteiger charge is -2.19. The summed E-state index contributed by atoms with van der Waals surface area (Å²) in [6.07, 6.45) is 4.04. The molecule has 0 spiro atoms. The molecule has 3 heterocycles. The van der Waals surface area contributed by atoms with Gasteiger partial charge in [-0.25, -0.2) is 4.37 Å². The fourth-order valence-corrected chi connectivity index (χ4v) is 4.65. The van der Waals surface area contributed by atoms with Gasteiger partial charge in [-0.2, -0.15) is 0 Å². The van der Waals surface area contributed by atoms with E-state index in [1.54, 1.807) is 0 Å². The van der Waals surface area contributed by atoms with Crippen molar-refractivity contribution < 1.29 is 4.74 Å². The molecule has 0 saturated carbocycles. The molecule has 1 aliphatic heterocycles. The van der Waals surface area contributed by atoms with E-state index in [1.807, 2.05) is 12.3 Å². The highest BCUT2D eigenvalue weighted by Gasteiger charge is 2.20. The number of hydrogen-bond donors (Lipinski definition) is 0. The average molecular weight is 410 g/mol. The van der Waals surface area contributed by atoms with Crippen molar-refractivity contribution in [3.63, 3.8) is 0 Å². The van der Waals surface area contributed by atoms with Crippen LogP contribution in [0.15, 0.2) is 54.2 Å². The van der Waals surface area contributed by atoms with E-state index >= 15 is 0 Å². The summed E-state index contributed by atoms with van der Waals surface area (Å²) in [5.74, 6) is 0.809. The molecular formula is C22H20ClN3OS. The molecule has 2 aromatic heterocycles. The Balaban J connectivity index is 1.53. The second kappa shape index (κ2) is 7.24. The van der Waals surface area contributed by atoms with Gasteiger partial charge in [-0.05, 0) is 54.4 Å². The van der Waals surface area contributed by atoms with Gasteiger partial charge in [0.2, 0.25) is 0 Å². The van der Waals surface area contributed by atoms with Gasteiger partial charge in [0.05, 0.1) is 10.5 Å². The van der Waals surface area contributed by atoms with Crippen molar-refractivity contribution in [1.82, 2.24) is 13.8 Å². The van der Waals surface area contributed by atoms with Crippen LogP contribution in [0, 0.1) is 6.92 Å². The Labute approximate surface area is 173 Å². The molecule has 0 fully saturated rings. The summed E-state index contributed by atoms with van der Waals surface area (Å²) < 4.78 is 12.4. The van der Waals surface area contributed by atoms with E-state index in [-0.39, 0.29) is 0 Å². The molecule has 0 saturated heterocycles. The van der Waals surface area contributed by atoms with Gasteiger partial charge in [0, 0.05) is 54.0 Å². The lowest BCUT2D eigenvalue weighted by atomic mass is 10.1. The monoisotopic (exact) mass is 409 g/mol. The second-order valence-corrected chi connectivity index (χ2v) is 8.32. The van der Waals surface area contributed by atoms with Gasteiger partial charge in [-0.1, -0.05) is 23.2 Å². The molecule has 0 N–H and O–H groups in total. The average Bonchev–Trinajstić information content (AvgIpc) is 3.27. The number of fused-ring (bicyclic) bond motifs is 2. The first-order valence-electron chi connectivity index (χ1n) is 9.31. The zero-order chi connectivity index (χ0) is 19.1. The van der Waals surface area contributed by atoms with Crippen LogP contribution in [0.2, 0.25) is 5.02 Å². The summed E-state index contributed by atoms with van der Waals surface area (Å²) in [6, 6.07) is 12.9. The summed E-state index contributed by atoms with van der Waals surface area (Å²) >= 11 is 8.13. The van der Waals surface area contributed by atoms with Gasteiger partial charge < -0.3 is 9.30 Å². The van der Waals surface area contributed by atoms with Crippen LogP contribution in [-0.4, -0.2) is 27.0 Å². The lowest BCUT2D eigenvalue weighted by molar-refractivity contribution is 0.220. The number of nitrogens with zero attached hydrogens (tertiary/aromatic N) is 3. The Hall–Kier alpha value is -2.34. The number of aryl methyl sites for hydroxylation is 1. The molecule has 4 aromatic rings. The maximum absolute atomic E-state index is 6.64. The molecule has 0 aliphatic carbocycles. The third kappa shape index (κ3) is 3.30. The van der Waals surface area contributed by atoms with E-state index in [0.717, 1.165) is 36.6 Å². The Morgan fingerprint density at radius 2 is 2.14 bits per heavy atom. The van der Waals surface area contributed by atoms with E-state index in [1.165, 1.54) is 33.6 Å². The smallest absolute Gasteiger partial charge is 0.142 e. The minimum atomic E-state index is 0.634. The Morgan fingerprint density at radius 1 is 1.21 bits per heavy atom. The number of halogens is 1. The molecule has 142 valence electrons. The molecular weight excluding hydrogens is 390 g/mol. The normalized spacial score (nSPS) is 14.6. The summed E-state index contributed by atoms with van der Waals surface area (Å²) in [5, 5.41) is 4.00. The third-order valence-corrected chi connectivity index (χ3v) is 6.08. The van der Waals surface area contributed by atoms with Crippen LogP contribution >= 0.6 is 23.1 Å². The quantitative estimate of drug-likeness (QED) is 0.451. The van der Waals surface area contributed by atoms with E-state index in [2.05, 4.69) is 62.7 Å². The minimum absolute atomic E-state index is 0.634. The van der Waals surface area contributed by atoms with Crippen LogP contribution in [0.25, 0.3) is 16.6 Å². The van der Waals surface area contributed by atoms with Crippen molar-refractivity contribution in [2.24, 2.45) is 0 Å². The molecule has 5 rings (SSSR count). The standard InChI is InChI=1S/C22H20ClN3OS/c1-15-2-3-21-17(8-15)4-5-26(21)19-9-18-13-25(12-16-11-24-28-14-16)6-7-27-22(18)20(23)10-19/h2-5,8-11,14H,6-7,12-13H2,1H3. The van der Waals surface area contributed by atoms with Gasteiger partial charge in [0.25, 0.3) is 0 Å². The number of rotatable bonds is 3. The molecule has 6 heteroatoms. The van der Waals surface area contributed by atoms with E-state index in [9.17, 15) is 0 Å². The molecule has 0 radical (unpaired) electrons. The van der Waals surface area contributed by atoms with Gasteiger partial charge >= 0.3 is 0 Å². The number of ether oxygens (including phenoxy) is 1. The van der Waals surface area contributed by atoms with Gasteiger partial charge in [0.15, 0.2) is 0 Å². The summed E-state index contributed by atoms with van der Waals surface area (Å²) in [6.45, 7) is 5.28. The molecule has 0 amide bonds. The molecule has 0 unspecified atom stereocenters. The zero-order valence-electron chi connectivity index (χ0n) is 15.6. The first-order chi connectivity index (χ1) is 13.7. The topological polar surface area (TPSA) is 30.3 Å². The maximum atomic E-state index is 6.64. The van der Waals surface area contributed by atoms with Crippen molar-refractivity contribution in [3.05, 3.63) is 75.9 Å². The number of hydrogen-bond acceptors (Lipinski definition) is 4. The molecule has 2 aromatic carbocycles. The first kappa shape index (κ1) is 17.7. The molecule has 0 atom stereocenters. The van der Waals surface area contributed by atoms with Crippen molar-refractivity contribution >= 4 is 34.0 Å². The first-order valence-corrected chi connectivity index (χ1v) is 10.5. The van der Waals surface area contributed by atoms with Crippen LogP contribution in [0.5, 0.6) is 5.75 Å². The Morgan fingerprint density at radius 3 is 3.00 bits per heavy atom. The van der Waals surface area contributed by atoms with Gasteiger partial charge in [-0.3, -0.25) is 4.90 Å². The fraction of sp³-hybridized carbons (Fsp3) is 0.227. The van der Waals surface area contributed by atoms with E-state index in [0.29, 0.717) is 11.6 Å². The summed E-state index contributed by atoms with van der Waals surface area (Å²) in [5.41, 5.74) is 5.86.